The third kappa shape index (κ3) is 30.8. The standard InChI is InChI=1S/C39H75NO4/c1-3-5-7-9-11-13-15-17-19-20-22-24-26-28-30-32-36(42)34-39(44)40-37(35-41)38(43)33-31-29-27-25-23-21-18-16-14-12-10-8-6-4-2/h11,13,17,19,36-38,41-43H,3-10,12,14-16,18,20-35H2,1-2H3,(H,40,44)/b13-11-,19-17-. The Morgan fingerprint density at radius 3 is 1.48 bits per heavy atom. The summed E-state index contributed by atoms with van der Waals surface area (Å²) in [4.78, 5) is 12.4. The van der Waals surface area contributed by atoms with Crippen LogP contribution in [0.4, 0.5) is 0 Å². The molecule has 0 aliphatic rings. The SMILES string of the molecule is CCCCC/C=C\C/C=C\CCCCCCCC(O)CC(=O)NC(CO)C(O)CCCCCCCCCCCCCCCC. The van der Waals surface area contributed by atoms with E-state index in [2.05, 4.69) is 43.5 Å². The number of hydrogen-bond donors (Lipinski definition) is 4. The Balaban J connectivity index is 3.70. The van der Waals surface area contributed by atoms with E-state index in [0.29, 0.717) is 12.8 Å². The summed E-state index contributed by atoms with van der Waals surface area (Å²) in [5.41, 5.74) is 0. The molecule has 0 heterocycles. The highest BCUT2D eigenvalue weighted by molar-refractivity contribution is 5.76. The summed E-state index contributed by atoms with van der Waals surface area (Å²) < 4.78 is 0. The molecule has 5 heteroatoms. The Kier molecular flexibility index (Phi) is 33.8. The molecule has 1 amide bonds. The third-order valence-electron chi connectivity index (χ3n) is 8.77. The van der Waals surface area contributed by atoms with E-state index in [1.54, 1.807) is 0 Å². The summed E-state index contributed by atoms with van der Waals surface area (Å²) in [5, 5.41) is 33.2. The van der Waals surface area contributed by atoms with Gasteiger partial charge in [0.1, 0.15) is 0 Å². The summed E-state index contributed by atoms with van der Waals surface area (Å²) >= 11 is 0. The van der Waals surface area contributed by atoms with Gasteiger partial charge in [-0.25, -0.2) is 0 Å². The van der Waals surface area contributed by atoms with Crippen molar-refractivity contribution in [3.63, 3.8) is 0 Å². The second-order valence-electron chi connectivity index (χ2n) is 13.2. The van der Waals surface area contributed by atoms with Gasteiger partial charge in [-0.15, -0.1) is 0 Å². The molecule has 0 aromatic heterocycles. The number of unbranched alkanes of at least 4 members (excludes halogenated alkanes) is 21. The fourth-order valence-electron chi connectivity index (χ4n) is 5.79. The normalized spacial score (nSPS) is 14.0. The van der Waals surface area contributed by atoms with Crippen molar-refractivity contribution in [2.75, 3.05) is 6.61 Å². The van der Waals surface area contributed by atoms with Gasteiger partial charge in [0.15, 0.2) is 0 Å². The van der Waals surface area contributed by atoms with Gasteiger partial charge in [0, 0.05) is 0 Å². The predicted molar refractivity (Wildman–Crippen MR) is 190 cm³/mol. The Bertz CT molecular complexity index is 650. The van der Waals surface area contributed by atoms with Crippen molar-refractivity contribution in [3.8, 4) is 0 Å². The van der Waals surface area contributed by atoms with Crippen LogP contribution in [0.5, 0.6) is 0 Å². The number of aliphatic hydroxyl groups is 3. The summed E-state index contributed by atoms with van der Waals surface area (Å²) in [6.07, 6.45) is 39.8. The minimum Gasteiger partial charge on any atom is -0.394 e. The van der Waals surface area contributed by atoms with Crippen LogP contribution in [0.15, 0.2) is 24.3 Å². The average molecular weight is 622 g/mol. The van der Waals surface area contributed by atoms with E-state index in [4.69, 9.17) is 0 Å². The molecule has 0 aromatic rings. The molecule has 3 atom stereocenters. The lowest BCUT2D eigenvalue weighted by atomic mass is 10.0. The molecule has 0 radical (unpaired) electrons. The molecule has 44 heavy (non-hydrogen) atoms. The van der Waals surface area contributed by atoms with Gasteiger partial charge >= 0.3 is 0 Å². The van der Waals surface area contributed by atoms with Gasteiger partial charge in [-0.05, 0) is 44.9 Å². The minimum atomic E-state index is -0.750. The van der Waals surface area contributed by atoms with Crippen LogP contribution in [0.3, 0.4) is 0 Å². The average Bonchev–Trinajstić information content (AvgIpc) is 3.01. The molecule has 5 nitrogen and oxygen atoms in total. The molecular formula is C39H75NO4. The van der Waals surface area contributed by atoms with Gasteiger partial charge < -0.3 is 20.6 Å². The number of carbonyl (C=O) groups excluding carboxylic acids is 1. The van der Waals surface area contributed by atoms with Crippen molar-refractivity contribution < 1.29 is 20.1 Å². The first-order chi connectivity index (χ1) is 21.5. The highest BCUT2D eigenvalue weighted by Gasteiger charge is 2.21. The van der Waals surface area contributed by atoms with Crippen LogP contribution in [0.1, 0.15) is 194 Å². The smallest absolute Gasteiger partial charge is 0.222 e. The highest BCUT2D eigenvalue weighted by atomic mass is 16.3. The van der Waals surface area contributed by atoms with E-state index >= 15 is 0 Å². The van der Waals surface area contributed by atoms with Crippen LogP contribution in [-0.2, 0) is 4.79 Å². The molecular weight excluding hydrogens is 546 g/mol. The second-order valence-corrected chi connectivity index (χ2v) is 13.2. The molecule has 0 spiro atoms. The molecule has 0 aliphatic heterocycles. The largest absolute Gasteiger partial charge is 0.394 e. The number of nitrogens with one attached hydrogen (secondary N) is 1. The van der Waals surface area contributed by atoms with E-state index in [-0.39, 0.29) is 18.9 Å². The number of rotatable bonds is 34. The van der Waals surface area contributed by atoms with Gasteiger partial charge in [0.2, 0.25) is 5.91 Å². The van der Waals surface area contributed by atoms with E-state index < -0.39 is 18.2 Å². The van der Waals surface area contributed by atoms with E-state index in [1.165, 1.54) is 116 Å². The Morgan fingerprint density at radius 1 is 0.568 bits per heavy atom. The Morgan fingerprint density at radius 2 is 0.977 bits per heavy atom. The lowest BCUT2D eigenvalue weighted by Gasteiger charge is -2.23. The van der Waals surface area contributed by atoms with Crippen molar-refractivity contribution in [3.05, 3.63) is 24.3 Å². The zero-order valence-corrected chi connectivity index (χ0v) is 29.3. The van der Waals surface area contributed by atoms with Crippen molar-refractivity contribution in [1.82, 2.24) is 5.32 Å². The van der Waals surface area contributed by atoms with Crippen molar-refractivity contribution in [2.24, 2.45) is 0 Å². The predicted octanol–water partition coefficient (Wildman–Crippen LogP) is 10.3. The molecule has 0 saturated carbocycles. The van der Waals surface area contributed by atoms with Crippen LogP contribution in [-0.4, -0.2) is 46.1 Å². The third-order valence-corrected chi connectivity index (χ3v) is 8.77. The molecule has 0 saturated heterocycles. The van der Waals surface area contributed by atoms with Crippen LogP contribution in [0.2, 0.25) is 0 Å². The van der Waals surface area contributed by atoms with Gasteiger partial charge in [-0.3, -0.25) is 4.79 Å². The van der Waals surface area contributed by atoms with Gasteiger partial charge in [-0.2, -0.15) is 0 Å². The van der Waals surface area contributed by atoms with Gasteiger partial charge in [-0.1, -0.05) is 167 Å². The molecule has 0 rings (SSSR count). The number of aliphatic hydroxyl groups excluding tert-OH is 3. The van der Waals surface area contributed by atoms with Crippen molar-refractivity contribution in [1.29, 1.82) is 0 Å². The number of hydrogen-bond acceptors (Lipinski definition) is 4. The van der Waals surface area contributed by atoms with Crippen LogP contribution >= 0.6 is 0 Å². The number of allylic oxidation sites excluding steroid dienone is 4. The minimum absolute atomic E-state index is 0.0277. The van der Waals surface area contributed by atoms with E-state index in [0.717, 1.165) is 44.9 Å². The topological polar surface area (TPSA) is 89.8 Å². The van der Waals surface area contributed by atoms with Crippen LogP contribution in [0, 0.1) is 0 Å². The van der Waals surface area contributed by atoms with Crippen molar-refractivity contribution in [2.45, 2.75) is 212 Å². The Hall–Kier alpha value is -1.17. The van der Waals surface area contributed by atoms with E-state index in [1.807, 2.05) is 0 Å². The fraction of sp³-hybridized carbons (Fsp3) is 0.872. The zero-order chi connectivity index (χ0) is 32.4. The van der Waals surface area contributed by atoms with Crippen molar-refractivity contribution >= 4 is 5.91 Å². The molecule has 260 valence electrons. The van der Waals surface area contributed by atoms with Crippen LogP contribution < -0.4 is 5.32 Å². The quantitative estimate of drug-likeness (QED) is 0.0425. The number of carbonyl (C=O) groups is 1. The fourth-order valence-corrected chi connectivity index (χ4v) is 5.79. The molecule has 0 aliphatic carbocycles. The van der Waals surface area contributed by atoms with Gasteiger partial charge in [0.25, 0.3) is 0 Å². The molecule has 0 bridgehead atoms. The highest BCUT2D eigenvalue weighted by Crippen LogP contribution is 2.15. The molecule has 3 unspecified atom stereocenters. The molecule has 0 aromatic carbocycles. The van der Waals surface area contributed by atoms with E-state index in [9.17, 15) is 20.1 Å². The first-order valence-corrected chi connectivity index (χ1v) is 19.1. The summed E-state index contributed by atoms with van der Waals surface area (Å²) in [5.74, 6) is -0.292. The lowest BCUT2D eigenvalue weighted by Crippen LogP contribution is -2.46. The maximum Gasteiger partial charge on any atom is 0.222 e. The molecule has 0 fully saturated rings. The monoisotopic (exact) mass is 622 g/mol. The maximum atomic E-state index is 12.4. The maximum absolute atomic E-state index is 12.4. The number of amides is 1. The molecule has 4 N–H and O–H groups in total. The summed E-state index contributed by atoms with van der Waals surface area (Å²) in [6, 6.07) is -0.660. The summed E-state index contributed by atoms with van der Waals surface area (Å²) in [7, 11) is 0. The van der Waals surface area contributed by atoms with Crippen LogP contribution in [0.25, 0.3) is 0 Å². The zero-order valence-electron chi connectivity index (χ0n) is 29.3. The Labute approximate surface area is 273 Å². The first-order valence-electron chi connectivity index (χ1n) is 19.1. The summed E-state index contributed by atoms with van der Waals surface area (Å²) in [6.45, 7) is 4.22. The lowest BCUT2D eigenvalue weighted by molar-refractivity contribution is -0.125. The van der Waals surface area contributed by atoms with Gasteiger partial charge in [0.05, 0.1) is 31.3 Å². The second kappa shape index (κ2) is 34.7. The first kappa shape index (κ1) is 42.8.